The van der Waals surface area contributed by atoms with Gasteiger partial charge in [-0.05, 0) is 0 Å². The zero-order valence-corrected chi connectivity index (χ0v) is 9.88. The van der Waals surface area contributed by atoms with Crippen molar-refractivity contribution >= 4 is 11.6 Å². The molecule has 0 fully saturated rings. The third kappa shape index (κ3) is 2.61. The Morgan fingerprint density at radius 2 is 1.84 bits per heavy atom. The Bertz CT molecular complexity index is 662. The van der Waals surface area contributed by atoms with Crippen LogP contribution >= 0.6 is 11.6 Å². The quantitative estimate of drug-likeness (QED) is 0.622. The lowest BCUT2D eigenvalue weighted by molar-refractivity contribution is 0.423. The van der Waals surface area contributed by atoms with Gasteiger partial charge in [-0.25, -0.2) is 18.2 Å². The Balaban J connectivity index is 2.43. The molecule has 0 saturated carbocycles. The number of rotatable bonds is 2. The highest BCUT2D eigenvalue weighted by atomic mass is 35.5. The molecule has 0 unspecified atom stereocenters. The molecular formula is C12H4ClF3N2O. The first-order chi connectivity index (χ1) is 9.02. The first-order valence-electron chi connectivity index (χ1n) is 4.90. The predicted molar refractivity (Wildman–Crippen MR) is 60.4 cm³/mol. The number of nitrogens with zero attached hydrogens (tertiary/aromatic N) is 2. The number of benzene rings is 1. The lowest BCUT2D eigenvalue weighted by Gasteiger charge is -2.08. The number of nitriles is 1. The van der Waals surface area contributed by atoms with Gasteiger partial charge in [-0.1, -0.05) is 11.6 Å². The van der Waals surface area contributed by atoms with E-state index in [1.54, 1.807) is 6.07 Å². The van der Waals surface area contributed by atoms with E-state index >= 15 is 0 Å². The normalized spacial score (nSPS) is 10.1. The van der Waals surface area contributed by atoms with Crippen molar-refractivity contribution in [2.45, 2.75) is 0 Å². The van der Waals surface area contributed by atoms with Crippen molar-refractivity contribution in [2.24, 2.45) is 0 Å². The maximum Gasteiger partial charge on any atom is 0.194 e. The van der Waals surface area contributed by atoms with Crippen LogP contribution in [0.15, 0.2) is 24.4 Å². The fourth-order valence-corrected chi connectivity index (χ4v) is 1.52. The van der Waals surface area contributed by atoms with Crippen molar-refractivity contribution in [3.05, 3.63) is 52.6 Å². The van der Waals surface area contributed by atoms with Gasteiger partial charge in [0.1, 0.15) is 23.1 Å². The van der Waals surface area contributed by atoms with Gasteiger partial charge < -0.3 is 4.74 Å². The van der Waals surface area contributed by atoms with Gasteiger partial charge in [0.05, 0.1) is 0 Å². The highest BCUT2D eigenvalue weighted by molar-refractivity contribution is 6.30. The topological polar surface area (TPSA) is 45.9 Å². The van der Waals surface area contributed by atoms with Crippen molar-refractivity contribution in [2.75, 3.05) is 0 Å². The largest absolute Gasteiger partial charge is 0.456 e. The minimum Gasteiger partial charge on any atom is -0.456 e. The van der Waals surface area contributed by atoms with Crippen molar-refractivity contribution in [1.29, 1.82) is 5.26 Å². The van der Waals surface area contributed by atoms with E-state index in [1.165, 1.54) is 12.3 Å². The molecule has 0 amide bonds. The molecule has 0 bridgehead atoms. The SMILES string of the molecule is N#Cc1c(Oc2cc(F)c(F)c(F)c2)ccnc1Cl. The molecule has 0 spiro atoms. The molecule has 3 nitrogen and oxygen atoms in total. The summed E-state index contributed by atoms with van der Waals surface area (Å²) in [5, 5.41) is 8.76. The molecule has 0 aliphatic rings. The summed E-state index contributed by atoms with van der Waals surface area (Å²) in [5.74, 6) is -4.72. The van der Waals surface area contributed by atoms with Crippen LogP contribution in [0.2, 0.25) is 5.15 Å². The van der Waals surface area contributed by atoms with Gasteiger partial charge in [-0.3, -0.25) is 0 Å². The minimum atomic E-state index is -1.60. The first-order valence-corrected chi connectivity index (χ1v) is 5.27. The van der Waals surface area contributed by atoms with E-state index < -0.39 is 17.5 Å². The van der Waals surface area contributed by atoms with Gasteiger partial charge in [0, 0.05) is 24.4 Å². The highest BCUT2D eigenvalue weighted by Crippen LogP contribution is 2.29. The summed E-state index contributed by atoms with van der Waals surface area (Å²) in [6.07, 6.45) is 1.26. The fraction of sp³-hybridized carbons (Fsp3) is 0. The number of halogens is 4. The summed E-state index contributed by atoms with van der Waals surface area (Å²) in [4.78, 5) is 3.66. The molecule has 2 aromatic rings. The number of hydrogen-bond donors (Lipinski definition) is 0. The average molecular weight is 285 g/mol. The maximum absolute atomic E-state index is 13.0. The van der Waals surface area contributed by atoms with Crippen LogP contribution in [0.1, 0.15) is 5.56 Å². The summed E-state index contributed by atoms with van der Waals surface area (Å²) in [7, 11) is 0. The van der Waals surface area contributed by atoms with Gasteiger partial charge in [0.15, 0.2) is 22.6 Å². The van der Waals surface area contributed by atoms with E-state index in [9.17, 15) is 13.2 Å². The van der Waals surface area contributed by atoms with Crippen molar-refractivity contribution in [1.82, 2.24) is 4.98 Å². The smallest absolute Gasteiger partial charge is 0.194 e. The molecule has 0 radical (unpaired) electrons. The van der Waals surface area contributed by atoms with Crippen LogP contribution < -0.4 is 4.74 Å². The molecule has 0 aliphatic heterocycles. The van der Waals surface area contributed by atoms with Gasteiger partial charge in [-0.15, -0.1) is 0 Å². The Morgan fingerprint density at radius 1 is 1.21 bits per heavy atom. The minimum absolute atomic E-state index is 0.0343. The molecule has 0 aliphatic carbocycles. The van der Waals surface area contributed by atoms with Crippen LogP contribution in [-0.4, -0.2) is 4.98 Å². The molecular weight excluding hydrogens is 281 g/mol. The molecule has 1 aromatic carbocycles. The van der Waals surface area contributed by atoms with E-state index in [0.29, 0.717) is 12.1 Å². The summed E-state index contributed by atoms with van der Waals surface area (Å²) >= 11 is 5.66. The third-order valence-corrected chi connectivity index (χ3v) is 2.45. The van der Waals surface area contributed by atoms with Crippen LogP contribution in [-0.2, 0) is 0 Å². The molecule has 0 atom stereocenters. The lowest BCUT2D eigenvalue weighted by atomic mass is 10.2. The summed E-state index contributed by atoms with van der Waals surface area (Å²) < 4.78 is 43.9. The molecule has 0 saturated heterocycles. The highest BCUT2D eigenvalue weighted by Gasteiger charge is 2.14. The summed E-state index contributed by atoms with van der Waals surface area (Å²) in [6.45, 7) is 0. The standard InChI is InChI=1S/C12H4ClF3N2O/c13-12-7(5-17)10(1-2-18-12)19-6-3-8(14)11(16)9(15)4-6/h1-4H. The molecule has 0 N–H and O–H groups in total. The van der Waals surface area contributed by atoms with E-state index in [2.05, 4.69) is 4.98 Å². The average Bonchev–Trinajstić information content (AvgIpc) is 2.36. The van der Waals surface area contributed by atoms with Crippen molar-refractivity contribution in [3.8, 4) is 17.6 Å². The number of ether oxygens (including phenoxy) is 1. The third-order valence-electron chi connectivity index (χ3n) is 2.16. The number of aromatic nitrogens is 1. The second-order valence-electron chi connectivity index (χ2n) is 3.39. The number of hydrogen-bond acceptors (Lipinski definition) is 3. The Kier molecular flexibility index (Phi) is 3.58. The van der Waals surface area contributed by atoms with Crippen LogP contribution in [0.5, 0.6) is 11.5 Å². The Hall–Kier alpha value is -2.26. The molecule has 1 heterocycles. The van der Waals surface area contributed by atoms with Crippen LogP contribution in [0.4, 0.5) is 13.2 Å². The van der Waals surface area contributed by atoms with Gasteiger partial charge >= 0.3 is 0 Å². The van der Waals surface area contributed by atoms with Gasteiger partial charge in [-0.2, -0.15) is 5.26 Å². The summed E-state index contributed by atoms with van der Waals surface area (Å²) in [6, 6.07) is 4.36. The molecule has 96 valence electrons. The van der Waals surface area contributed by atoms with Gasteiger partial charge in [0.25, 0.3) is 0 Å². The molecule has 7 heteroatoms. The Labute approximate surface area is 110 Å². The van der Waals surface area contributed by atoms with Crippen molar-refractivity contribution in [3.63, 3.8) is 0 Å². The van der Waals surface area contributed by atoms with E-state index in [4.69, 9.17) is 21.6 Å². The maximum atomic E-state index is 13.0. The van der Waals surface area contributed by atoms with Gasteiger partial charge in [0.2, 0.25) is 0 Å². The zero-order chi connectivity index (χ0) is 14.0. The monoisotopic (exact) mass is 284 g/mol. The van der Waals surface area contributed by atoms with Crippen molar-refractivity contribution < 1.29 is 17.9 Å². The number of pyridine rings is 1. The lowest BCUT2D eigenvalue weighted by Crippen LogP contribution is -1.95. The van der Waals surface area contributed by atoms with E-state index in [1.807, 2.05) is 0 Å². The van der Waals surface area contributed by atoms with Crippen LogP contribution in [0, 0.1) is 28.8 Å². The fourth-order valence-electron chi connectivity index (χ4n) is 1.32. The van der Waals surface area contributed by atoms with E-state index in [0.717, 1.165) is 0 Å². The molecule has 19 heavy (non-hydrogen) atoms. The molecule has 1 aromatic heterocycles. The Morgan fingerprint density at radius 3 is 2.42 bits per heavy atom. The first kappa shape index (κ1) is 13.2. The second kappa shape index (κ2) is 5.16. The second-order valence-corrected chi connectivity index (χ2v) is 3.75. The zero-order valence-electron chi connectivity index (χ0n) is 9.12. The summed E-state index contributed by atoms with van der Waals surface area (Å²) in [5.41, 5.74) is -0.0886. The van der Waals surface area contributed by atoms with Crippen LogP contribution in [0.25, 0.3) is 0 Å². The van der Waals surface area contributed by atoms with E-state index in [-0.39, 0.29) is 22.2 Å². The predicted octanol–water partition coefficient (Wildman–Crippen LogP) is 3.82. The molecule has 2 rings (SSSR count). The van der Waals surface area contributed by atoms with Crippen LogP contribution in [0.3, 0.4) is 0 Å².